The van der Waals surface area contributed by atoms with Crippen molar-refractivity contribution < 1.29 is 14.4 Å². The number of aryl methyl sites for hydroxylation is 1. The van der Waals surface area contributed by atoms with Gasteiger partial charge in [-0.15, -0.1) is 0 Å². The average Bonchev–Trinajstić information content (AvgIpc) is 2.24. The summed E-state index contributed by atoms with van der Waals surface area (Å²) in [6, 6.07) is 6.71. The van der Waals surface area contributed by atoms with Gasteiger partial charge in [-0.1, -0.05) is 29.8 Å². The van der Waals surface area contributed by atoms with Gasteiger partial charge in [0.05, 0.1) is 0 Å². The highest BCUT2D eigenvalue weighted by Crippen LogP contribution is 2.17. The molecule has 3 nitrogen and oxygen atoms in total. The Morgan fingerprint density at radius 2 is 1.36 bits per heavy atom. The molecule has 0 aliphatic rings. The smallest absolute Gasteiger partial charge is 0.161 e. The van der Waals surface area contributed by atoms with Gasteiger partial charge in [0.25, 0.3) is 0 Å². The zero-order valence-electron chi connectivity index (χ0n) is 7.77. The first-order valence-electron chi connectivity index (χ1n) is 4.14. The second-order valence-electron chi connectivity index (χ2n) is 3.15. The molecule has 0 saturated heterocycles. The van der Waals surface area contributed by atoms with Gasteiger partial charge >= 0.3 is 0 Å². The molecule has 0 fully saturated rings. The standard InChI is InChI=1S/C11H10O3/c1-9-2-4-10(5-3-9)11(6-12,7-13)8-14/h2-8H,1H3. The first-order chi connectivity index (χ1) is 6.68. The number of hydrogen-bond donors (Lipinski definition) is 0. The van der Waals surface area contributed by atoms with Crippen molar-refractivity contribution in [2.24, 2.45) is 0 Å². The van der Waals surface area contributed by atoms with Crippen LogP contribution in [0.25, 0.3) is 0 Å². The summed E-state index contributed by atoms with van der Waals surface area (Å²) >= 11 is 0. The van der Waals surface area contributed by atoms with Crippen molar-refractivity contribution in [3.8, 4) is 0 Å². The molecule has 0 saturated carbocycles. The summed E-state index contributed by atoms with van der Waals surface area (Å²) in [5, 5.41) is 0. The van der Waals surface area contributed by atoms with Crippen molar-refractivity contribution in [1.29, 1.82) is 0 Å². The largest absolute Gasteiger partial charge is 0.301 e. The molecule has 0 amide bonds. The highest BCUT2D eigenvalue weighted by atomic mass is 16.2. The van der Waals surface area contributed by atoms with E-state index in [0.717, 1.165) is 5.56 Å². The molecule has 14 heavy (non-hydrogen) atoms. The first kappa shape index (κ1) is 10.3. The summed E-state index contributed by atoms with van der Waals surface area (Å²) in [6.45, 7) is 1.88. The summed E-state index contributed by atoms with van der Waals surface area (Å²) < 4.78 is 0. The molecule has 0 atom stereocenters. The van der Waals surface area contributed by atoms with Crippen molar-refractivity contribution in [1.82, 2.24) is 0 Å². The molecule has 0 spiro atoms. The number of carbonyl (C=O) groups excluding carboxylic acids is 3. The van der Waals surface area contributed by atoms with Crippen LogP contribution in [-0.2, 0) is 19.8 Å². The van der Waals surface area contributed by atoms with E-state index in [0.29, 0.717) is 24.4 Å². The molecule has 0 heterocycles. The molecule has 72 valence electrons. The Labute approximate surface area is 81.7 Å². The third-order valence-corrected chi connectivity index (χ3v) is 2.14. The highest BCUT2D eigenvalue weighted by Gasteiger charge is 2.30. The number of hydrogen-bond acceptors (Lipinski definition) is 3. The second kappa shape index (κ2) is 3.96. The molecule has 1 aromatic rings. The maximum Gasteiger partial charge on any atom is 0.161 e. The molecule has 1 rings (SSSR count). The zero-order valence-corrected chi connectivity index (χ0v) is 7.77. The SMILES string of the molecule is Cc1ccc(C(C=O)(C=O)C=O)cc1. The summed E-state index contributed by atoms with van der Waals surface area (Å²) in [6.07, 6.45) is 1.08. The predicted molar refractivity (Wildman–Crippen MR) is 51.0 cm³/mol. The minimum Gasteiger partial charge on any atom is -0.301 e. The molecule has 0 aliphatic heterocycles. The van der Waals surface area contributed by atoms with Crippen LogP contribution in [-0.4, -0.2) is 18.9 Å². The minimum absolute atomic E-state index is 0.359. The van der Waals surface area contributed by atoms with Gasteiger partial charge in [0.2, 0.25) is 0 Å². The minimum atomic E-state index is -1.63. The van der Waals surface area contributed by atoms with Crippen LogP contribution in [0.15, 0.2) is 24.3 Å². The molecule has 0 aliphatic carbocycles. The van der Waals surface area contributed by atoms with E-state index in [1.807, 2.05) is 6.92 Å². The van der Waals surface area contributed by atoms with E-state index in [2.05, 4.69) is 0 Å². The monoisotopic (exact) mass is 190 g/mol. The summed E-state index contributed by atoms with van der Waals surface area (Å²) in [7, 11) is 0. The molecule has 0 N–H and O–H groups in total. The molecule has 0 radical (unpaired) electrons. The third kappa shape index (κ3) is 1.62. The Morgan fingerprint density at radius 3 is 1.71 bits per heavy atom. The van der Waals surface area contributed by atoms with E-state index < -0.39 is 5.41 Å². The van der Waals surface area contributed by atoms with E-state index in [1.54, 1.807) is 24.3 Å². The fraction of sp³-hybridized carbons (Fsp3) is 0.182. The van der Waals surface area contributed by atoms with Crippen LogP contribution in [0.3, 0.4) is 0 Å². The molecule has 0 unspecified atom stereocenters. The number of carbonyl (C=O) groups is 3. The number of aldehydes is 3. The summed E-state index contributed by atoms with van der Waals surface area (Å²) in [4.78, 5) is 32.1. The van der Waals surface area contributed by atoms with E-state index in [9.17, 15) is 14.4 Å². The van der Waals surface area contributed by atoms with E-state index in [4.69, 9.17) is 0 Å². The Kier molecular flexibility index (Phi) is 2.92. The van der Waals surface area contributed by atoms with Gasteiger partial charge < -0.3 is 14.4 Å². The van der Waals surface area contributed by atoms with Gasteiger partial charge in [0.15, 0.2) is 5.41 Å². The second-order valence-corrected chi connectivity index (χ2v) is 3.15. The van der Waals surface area contributed by atoms with E-state index in [-0.39, 0.29) is 0 Å². The van der Waals surface area contributed by atoms with Crippen molar-refractivity contribution in [2.45, 2.75) is 12.3 Å². The lowest BCUT2D eigenvalue weighted by Gasteiger charge is -2.13. The van der Waals surface area contributed by atoms with Gasteiger partial charge in [-0.3, -0.25) is 0 Å². The average molecular weight is 190 g/mol. The van der Waals surface area contributed by atoms with E-state index >= 15 is 0 Å². The van der Waals surface area contributed by atoms with Crippen LogP contribution >= 0.6 is 0 Å². The van der Waals surface area contributed by atoms with Crippen LogP contribution in [0.4, 0.5) is 0 Å². The van der Waals surface area contributed by atoms with Gasteiger partial charge in [0.1, 0.15) is 18.9 Å². The fourth-order valence-electron chi connectivity index (χ4n) is 1.13. The van der Waals surface area contributed by atoms with Crippen LogP contribution < -0.4 is 0 Å². The number of rotatable bonds is 4. The lowest BCUT2D eigenvalue weighted by molar-refractivity contribution is -0.127. The van der Waals surface area contributed by atoms with Gasteiger partial charge in [-0.25, -0.2) is 0 Å². The molecule has 0 bridgehead atoms. The Hall–Kier alpha value is -1.77. The maximum absolute atomic E-state index is 10.7. The summed E-state index contributed by atoms with van der Waals surface area (Å²) in [5.41, 5.74) is -0.221. The normalized spacial score (nSPS) is 10.6. The van der Waals surface area contributed by atoms with E-state index in [1.165, 1.54) is 0 Å². The van der Waals surface area contributed by atoms with Gasteiger partial charge in [-0.05, 0) is 12.5 Å². The fourth-order valence-corrected chi connectivity index (χ4v) is 1.13. The van der Waals surface area contributed by atoms with Crippen molar-refractivity contribution in [3.05, 3.63) is 35.4 Å². The Morgan fingerprint density at radius 1 is 0.929 bits per heavy atom. The summed E-state index contributed by atoms with van der Waals surface area (Å²) in [5.74, 6) is 0. The number of benzene rings is 1. The first-order valence-corrected chi connectivity index (χ1v) is 4.14. The Bertz CT molecular complexity index is 330. The maximum atomic E-state index is 10.7. The van der Waals surface area contributed by atoms with Gasteiger partial charge in [-0.2, -0.15) is 0 Å². The topological polar surface area (TPSA) is 51.2 Å². The molecular formula is C11H10O3. The predicted octanol–water partition coefficient (Wildman–Crippen LogP) is 0.830. The lowest BCUT2D eigenvalue weighted by atomic mass is 9.85. The zero-order chi connectivity index (χ0) is 10.6. The van der Waals surface area contributed by atoms with Crippen LogP contribution in [0.1, 0.15) is 11.1 Å². The molecule has 3 heteroatoms. The van der Waals surface area contributed by atoms with Crippen LogP contribution in [0.2, 0.25) is 0 Å². The quantitative estimate of drug-likeness (QED) is 0.522. The van der Waals surface area contributed by atoms with Crippen molar-refractivity contribution >= 4 is 18.9 Å². The molecule has 1 aromatic carbocycles. The third-order valence-electron chi connectivity index (χ3n) is 2.14. The van der Waals surface area contributed by atoms with Crippen molar-refractivity contribution in [3.63, 3.8) is 0 Å². The van der Waals surface area contributed by atoms with Crippen molar-refractivity contribution in [2.75, 3.05) is 0 Å². The van der Waals surface area contributed by atoms with Gasteiger partial charge in [0, 0.05) is 0 Å². The lowest BCUT2D eigenvalue weighted by Crippen LogP contribution is -2.31. The molecular weight excluding hydrogens is 180 g/mol. The highest BCUT2D eigenvalue weighted by molar-refractivity contribution is 6.09. The Balaban J connectivity index is 3.24. The van der Waals surface area contributed by atoms with Crippen LogP contribution in [0, 0.1) is 6.92 Å². The van der Waals surface area contributed by atoms with Crippen LogP contribution in [0.5, 0.6) is 0 Å². The molecule has 0 aromatic heterocycles.